The first kappa shape index (κ1) is 23.9. The second kappa shape index (κ2) is 9.97. The minimum Gasteiger partial charge on any atom is -0.352 e. The zero-order valence-electron chi connectivity index (χ0n) is 18.1. The summed E-state index contributed by atoms with van der Waals surface area (Å²) in [5.74, 6) is -1.12. The number of nitrogens with one attached hydrogen (secondary N) is 1. The van der Waals surface area contributed by atoms with E-state index in [9.17, 15) is 27.2 Å². The highest BCUT2D eigenvalue weighted by Gasteiger charge is 2.34. The van der Waals surface area contributed by atoms with E-state index in [1.807, 2.05) is 11.4 Å². The van der Waals surface area contributed by atoms with Gasteiger partial charge in [-0.2, -0.15) is 13.2 Å². The normalized spacial score (nSPS) is 15.6. The summed E-state index contributed by atoms with van der Waals surface area (Å²) >= 11 is 1.57. The number of carbonyl (C=O) groups excluding carboxylic acids is 2. The monoisotopic (exact) mass is 490 g/mol. The Kier molecular flexibility index (Phi) is 7.02. The molecule has 1 N–H and O–H groups in total. The average Bonchev–Trinajstić information content (AvgIpc) is 3.30. The van der Waals surface area contributed by atoms with Crippen molar-refractivity contribution < 1.29 is 27.2 Å². The summed E-state index contributed by atoms with van der Waals surface area (Å²) in [5, 5.41) is 4.49. The molecule has 178 valence electrons. The molecule has 0 saturated carbocycles. The van der Waals surface area contributed by atoms with E-state index in [1.54, 1.807) is 34.4 Å². The van der Waals surface area contributed by atoms with Crippen LogP contribution in [0.1, 0.15) is 46.0 Å². The van der Waals surface area contributed by atoms with E-state index < -0.39 is 29.5 Å². The molecule has 0 fully saturated rings. The summed E-state index contributed by atoms with van der Waals surface area (Å²) in [6.07, 6.45) is -4.00. The van der Waals surface area contributed by atoms with Crippen LogP contribution in [0.15, 0.2) is 60.0 Å². The number of thiophene rings is 1. The van der Waals surface area contributed by atoms with Crippen LogP contribution >= 0.6 is 11.3 Å². The van der Waals surface area contributed by atoms with Gasteiger partial charge in [0, 0.05) is 36.4 Å². The van der Waals surface area contributed by atoms with Crippen LogP contribution in [0.4, 0.5) is 17.6 Å². The fourth-order valence-corrected chi connectivity index (χ4v) is 5.03. The van der Waals surface area contributed by atoms with Crippen molar-refractivity contribution in [1.29, 1.82) is 0 Å². The van der Waals surface area contributed by atoms with Gasteiger partial charge in [0.15, 0.2) is 0 Å². The Labute approximate surface area is 198 Å². The molecule has 0 aliphatic carbocycles. The zero-order chi connectivity index (χ0) is 24.3. The standard InChI is InChI=1S/C25H22F4N2O2S/c26-20-7-2-1-6-18(20)24-19-11-13-34-21(19)10-12-31(24)23(33)9-8-22(32)30-15-16-4-3-5-17(14-16)25(27,28)29/h1-7,11,13-14,24H,8-10,12,15H2,(H,30,32). The number of hydrogen-bond donors (Lipinski definition) is 1. The first-order valence-corrected chi connectivity index (χ1v) is 11.6. The average molecular weight is 491 g/mol. The van der Waals surface area contributed by atoms with Crippen molar-refractivity contribution in [3.63, 3.8) is 0 Å². The van der Waals surface area contributed by atoms with Crippen molar-refractivity contribution in [2.45, 2.75) is 38.0 Å². The van der Waals surface area contributed by atoms with Crippen LogP contribution in [-0.2, 0) is 28.7 Å². The molecule has 4 nitrogen and oxygen atoms in total. The molecule has 1 atom stereocenters. The van der Waals surface area contributed by atoms with Crippen LogP contribution in [0.25, 0.3) is 0 Å². The van der Waals surface area contributed by atoms with Crippen molar-refractivity contribution in [1.82, 2.24) is 10.2 Å². The number of benzene rings is 2. The Hall–Kier alpha value is -3.20. The van der Waals surface area contributed by atoms with Gasteiger partial charge in [-0.15, -0.1) is 11.3 Å². The number of hydrogen-bond acceptors (Lipinski definition) is 3. The van der Waals surface area contributed by atoms with E-state index in [2.05, 4.69) is 5.32 Å². The van der Waals surface area contributed by atoms with Crippen LogP contribution < -0.4 is 5.32 Å². The summed E-state index contributed by atoms with van der Waals surface area (Å²) in [7, 11) is 0. The van der Waals surface area contributed by atoms with Crippen LogP contribution in [0.3, 0.4) is 0 Å². The maximum Gasteiger partial charge on any atom is 0.416 e. The van der Waals surface area contributed by atoms with E-state index in [0.29, 0.717) is 24.1 Å². The molecule has 1 aliphatic rings. The molecule has 34 heavy (non-hydrogen) atoms. The van der Waals surface area contributed by atoms with Gasteiger partial charge < -0.3 is 10.2 Å². The smallest absolute Gasteiger partial charge is 0.352 e. The van der Waals surface area contributed by atoms with Gasteiger partial charge in [0.05, 0.1) is 11.6 Å². The number of amides is 2. The summed E-state index contributed by atoms with van der Waals surface area (Å²) in [6.45, 7) is 0.341. The van der Waals surface area contributed by atoms with Crippen molar-refractivity contribution >= 4 is 23.2 Å². The summed E-state index contributed by atoms with van der Waals surface area (Å²) in [6, 6.07) is 12.4. The Balaban J connectivity index is 1.39. The van der Waals surface area contributed by atoms with E-state index in [-0.39, 0.29) is 25.3 Å². The van der Waals surface area contributed by atoms with Crippen LogP contribution in [-0.4, -0.2) is 23.3 Å². The lowest BCUT2D eigenvalue weighted by Gasteiger charge is -2.36. The quantitative estimate of drug-likeness (QED) is 0.466. The third-order valence-electron chi connectivity index (χ3n) is 5.80. The fraction of sp³-hybridized carbons (Fsp3) is 0.280. The molecule has 0 bridgehead atoms. The molecule has 1 unspecified atom stereocenters. The predicted molar refractivity (Wildman–Crippen MR) is 121 cm³/mol. The number of alkyl halides is 3. The molecule has 2 aromatic carbocycles. The Morgan fingerprint density at radius 2 is 1.82 bits per heavy atom. The number of rotatable bonds is 6. The predicted octanol–water partition coefficient (Wildman–Crippen LogP) is 5.48. The molecular weight excluding hydrogens is 468 g/mol. The second-order valence-corrected chi connectivity index (χ2v) is 9.04. The molecule has 2 heterocycles. The number of halogens is 4. The summed E-state index contributed by atoms with van der Waals surface area (Å²) in [4.78, 5) is 28.1. The van der Waals surface area contributed by atoms with Crippen molar-refractivity contribution in [2.24, 2.45) is 0 Å². The van der Waals surface area contributed by atoms with Crippen molar-refractivity contribution in [3.8, 4) is 0 Å². The van der Waals surface area contributed by atoms with Gasteiger partial charge in [0.1, 0.15) is 5.82 Å². The minimum absolute atomic E-state index is 0.0726. The Morgan fingerprint density at radius 1 is 1.03 bits per heavy atom. The molecule has 9 heteroatoms. The highest BCUT2D eigenvalue weighted by atomic mass is 32.1. The van der Waals surface area contributed by atoms with Crippen molar-refractivity contribution in [3.05, 3.63) is 92.9 Å². The first-order chi connectivity index (χ1) is 16.2. The maximum atomic E-state index is 14.6. The molecule has 1 aliphatic heterocycles. The van der Waals surface area contributed by atoms with Gasteiger partial charge in [-0.1, -0.05) is 30.3 Å². The lowest BCUT2D eigenvalue weighted by molar-refractivity contribution is -0.137. The van der Waals surface area contributed by atoms with E-state index >= 15 is 0 Å². The SMILES string of the molecule is O=C(CCC(=O)N1CCc2sccc2C1c1ccccc1F)NCc1cccc(C(F)(F)F)c1. The Morgan fingerprint density at radius 3 is 2.59 bits per heavy atom. The number of fused-ring (bicyclic) bond motifs is 1. The second-order valence-electron chi connectivity index (χ2n) is 8.04. The van der Waals surface area contributed by atoms with Gasteiger partial charge in [0.25, 0.3) is 0 Å². The molecule has 4 rings (SSSR count). The minimum atomic E-state index is -4.46. The fourth-order valence-electron chi connectivity index (χ4n) is 4.13. The lowest BCUT2D eigenvalue weighted by atomic mass is 9.92. The maximum absolute atomic E-state index is 14.6. The lowest BCUT2D eigenvalue weighted by Crippen LogP contribution is -2.40. The molecular formula is C25H22F4N2O2S. The van der Waals surface area contributed by atoms with E-state index in [4.69, 9.17) is 0 Å². The molecule has 2 amide bonds. The zero-order valence-corrected chi connectivity index (χ0v) is 18.9. The van der Waals surface area contributed by atoms with Gasteiger partial charge in [-0.3, -0.25) is 9.59 Å². The Bertz CT molecular complexity index is 1190. The van der Waals surface area contributed by atoms with Crippen LogP contribution in [0, 0.1) is 5.82 Å². The molecule has 0 saturated heterocycles. The van der Waals surface area contributed by atoms with E-state index in [1.165, 1.54) is 18.2 Å². The van der Waals surface area contributed by atoms with Crippen LogP contribution in [0.5, 0.6) is 0 Å². The number of nitrogens with zero attached hydrogens (tertiary/aromatic N) is 1. The highest BCUT2D eigenvalue weighted by molar-refractivity contribution is 7.10. The third kappa shape index (κ3) is 5.30. The topological polar surface area (TPSA) is 49.4 Å². The van der Waals surface area contributed by atoms with Gasteiger partial charge >= 0.3 is 6.18 Å². The largest absolute Gasteiger partial charge is 0.416 e. The van der Waals surface area contributed by atoms with Gasteiger partial charge in [-0.05, 0) is 47.2 Å². The highest BCUT2D eigenvalue weighted by Crippen LogP contribution is 2.39. The molecule has 1 aromatic heterocycles. The first-order valence-electron chi connectivity index (χ1n) is 10.8. The third-order valence-corrected chi connectivity index (χ3v) is 6.79. The van der Waals surface area contributed by atoms with Crippen molar-refractivity contribution in [2.75, 3.05) is 6.54 Å². The van der Waals surface area contributed by atoms with Crippen LogP contribution in [0.2, 0.25) is 0 Å². The summed E-state index contributed by atoms with van der Waals surface area (Å²) in [5.41, 5.74) is 0.828. The van der Waals surface area contributed by atoms with Gasteiger partial charge in [0.2, 0.25) is 11.8 Å². The summed E-state index contributed by atoms with van der Waals surface area (Å²) < 4.78 is 53.2. The molecule has 0 radical (unpaired) electrons. The van der Waals surface area contributed by atoms with Gasteiger partial charge in [-0.25, -0.2) is 4.39 Å². The number of carbonyl (C=O) groups is 2. The molecule has 3 aromatic rings. The van der Waals surface area contributed by atoms with E-state index in [0.717, 1.165) is 22.6 Å². The molecule has 0 spiro atoms.